The van der Waals surface area contributed by atoms with Crippen LogP contribution in [0.3, 0.4) is 0 Å². The number of rotatable bonds is 3. The van der Waals surface area contributed by atoms with Crippen LogP contribution in [0.25, 0.3) is 0 Å². The van der Waals surface area contributed by atoms with E-state index in [0.29, 0.717) is 12.6 Å². The van der Waals surface area contributed by atoms with E-state index in [4.69, 9.17) is 5.73 Å². The van der Waals surface area contributed by atoms with Crippen LogP contribution >= 0.6 is 0 Å². The molecule has 0 heterocycles. The minimum Gasteiger partial charge on any atom is -0.389 e. The predicted molar refractivity (Wildman–Crippen MR) is 81.3 cm³/mol. The summed E-state index contributed by atoms with van der Waals surface area (Å²) in [7, 11) is 0. The summed E-state index contributed by atoms with van der Waals surface area (Å²) in [5.41, 5.74) is 8.25. The van der Waals surface area contributed by atoms with Gasteiger partial charge < -0.3 is 16.2 Å². The third-order valence-electron chi connectivity index (χ3n) is 5.14. The van der Waals surface area contributed by atoms with Crippen molar-refractivity contribution in [1.29, 1.82) is 0 Å². The van der Waals surface area contributed by atoms with E-state index in [1.54, 1.807) is 0 Å². The molecule has 0 aliphatic heterocycles. The zero-order chi connectivity index (χ0) is 14.2. The molecule has 4 N–H and O–H groups in total. The highest BCUT2D eigenvalue weighted by Gasteiger charge is 2.34. The Labute approximate surface area is 121 Å². The largest absolute Gasteiger partial charge is 0.389 e. The Morgan fingerprint density at radius 3 is 2.60 bits per heavy atom. The topological polar surface area (TPSA) is 58.3 Å². The minimum atomic E-state index is -0.520. The molecule has 2 unspecified atom stereocenters. The van der Waals surface area contributed by atoms with E-state index in [1.165, 1.54) is 11.1 Å². The summed E-state index contributed by atoms with van der Waals surface area (Å²) in [6, 6.07) is 8.83. The molecule has 3 rings (SSSR count). The fourth-order valence-corrected chi connectivity index (χ4v) is 3.66. The van der Waals surface area contributed by atoms with E-state index in [1.807, 2.05) is 0 Å². The molecule has 0 amide bonds. The Balaban J connectivity index is 1.62. The molecule has 0 radical (unpaired) electrons. The second-order valence-corrected chi connectivity index (χ2v) is 6.81. The summed E-state index contributed by atoms with van der Waals surface area (Å²) < 4.78 is 0. The molecule has 1 saturated carbocycles. The zero-order valence-corrected chi connectivity index (χ0v) is 12.3. The maximum atomic E-state index is 10.7. The van der Waals surface area contributed by atoms with Crippen LogP contribution in [0.2, 0.25) is 0 Å². The van der Waals surface area contributed by atoms with Gasteiger partial charge in [-0.3, -0.25) is 0 Å². The molecule has 110 valence electrons. The molecule has 0 aromatic heterocycles. The first-order valence-electron chi connectivity index (χ1n) is 7.87. The Kier molecular flexibility index (Phi) is 3.85. The van der Waals surface area contributed by atoms with Crippen molar-refractivity contribution in [1.82, 2.24) is 5.32 Å². The Bertz CT molecular complexity index is 466. The van der Waals surface area contributed by atoms with Crippen LogP contribution < -0.4 is 11.1 Å². The number of hydrogen-bond donors (Lipinski definition) is 3. The molecular weight excluding hydrogens is 248 g/mol. The van der Waals surface area contributed by atoms with Crippen LogP contribution in [-0.2, 0) is 0 Å². The van der Waals surface area contributed by atoms with E-state index in [2.05, 4.69) is 36.5 Å². The number of fused-ring (bicyclic) bond motifs is 1. The number of aliphatic hydroxyl groups is 1. The summed E-state index contributed by atoms with van der Waals surface area (Å²) in [5, 5.41) is 14.2. The van der Waals surface area contributed by atoms with Crippen LogP contribution in [0.5, 0.6) is 0 Å². The van der Waals surface area contributed by atoms with Gasteiger partial charge in [0.2, 0.25) is 0 Å². The summed E-state index contributed by atoms with van der Waals surface area (Å²) in [6.07, 6.45) is 5.05. The monoisotopic (exact) mass is 274 g/mol. The molecule has 1 aromatic rings. The summed E-state index contributed by atoms with van der Waals surface area (Å²) >= 11 is 0. The normalized spacial score (nSPS) is 36.9. The van der Waals surface area contributed by atoms with Gasteiger partial charge in [-0.2, -0.15) is 0 Å². The highest BCUT2D eigenvalue weighted by Crippen LogP contribution is 2.38. The van der Waals surface area contributed by atoms with Gasteiger partial charge in [0.25, 0.3) is 0 Å². The molecule has 0 saturated heterocycles. The molecule has 3 heteroatoms. The number of nitrogens with one attached hydrogen (secondary N) is 1. The van der Waals surface area contributed by atoms with E-state index in [-0.39, 0.29) is 6.04 Å². The van der Waals surface area contributed by atoms with Gasteiger partial charge in [-0.05, 0) is 49.1 Å². The molecule has 3 nitrogen and oxygen atoms in total. The number of benzene rings is 1. The Morgan fingerprint density at radius 2 is 1.90 bits per heavy atom. The van der Waals surface area contributed by atoms with Crippen LogP contribution in [0.4, 0.5) is 0 Å². The van der Waals surface area contributed by atoms with Crippen molar-refractivity contribution in [3.05, 3.63) is 35.4 Å². The van der Waals surface area contributed by atoms with Crippen molar-refractivity contribution in [3.63, 3.8) is 0 Å². The van der Waals surface area contributed by atoms with Gasteiger partial charge >= 0.3 is 0 Å². The van der Waals surface area contributed by atoms with Crippen molar-refractivity contribution >= 4 is 0 Å². The highest BCUT2D eigenvalue weighted by atomic mass is 16.3. The minimum absolute atomic E-state index is 0.129. The lowest BCUT2D eigenvalue weighted by Gasteiger charge is -2.36. The van der Waals surface area contributed by atoms with Crippen molar-refractivity contribution in [2.75, 3.05) is 6.54 Å². The average Bonchev–Trinajstić information content (AvgIpc) is 2.78. The van der Waals surface area contributed by atoms with Crippen molar-refractivity contribution in [2.45, 2.75) is 56.7 Å². The highest BCUT2D eigenvalue weighted by molar-refractivity contribution is 5.37. The molecule has 0 spiro atoms. The van der Waals surface area contributed by atoms with Gasteiger partial charge in [0, 0.05) is 18.6 Å². The van der Waals surface area contributed by atoms with E-state index in [9.17, 15) is 5.11 Å². The smallest absolute Gasteiger partial charge is 0.0772 e. The molecule has 2 atom stereocenters. The molecule has 2 aliphatic carbocycles. The Hall–Kier alpha value is -0.900. The lowest BCUT2D eigenvalue weighted by molar-refractivity contribution is -0.00828. The first-order chi connectivity index (χ1) is 9.57. The van der Waals surface area contributed by atoms with Crippen molar-refractivity contribution in [2.24, 2.45) is 11.7 Å². The molecular formula is C17H26N2O. The first-order valence-corrected chi connectivity index (χ1v) is 7.87. The maximum absolute atomic E-state index is 10.7. The second-order valence-electron chi connectivity index (χ2n) is 6.81. The number of nitrogens with two attached hydrogens (primary N) is 1. The third-order valence-corrected chi connectivity index (χ3v) is 5.14. The third kappa shape index (κ3) is 2.76. The SMILES string of the molecule is CC1CCC(O)(CNC2CC(N)c3ccccc32)CC1. The van der Waals surface area contributed by atoms with Gasteiger partial charge in [-0.15, -0.1) is 0 Å². The van der Waals surface area contributed by atoms with E-state index < -0.39 is 5.60 Å². The standard InChI is InChI=1S/C17H26N2O/c1-12-6-8-17(20,9-7-12)11-19-16-10-15(18)13-4-2-3-5-14(13)16/h2-5,12,15-16,19-20H,6-11,18H2,1H3. The van der Waals surface area contributed by atoms with Gasteiger partial charge in [0.1, 0.15) is 0 Å². The fourth-order valence-electron chi connectivity index (χ4n) is 3.66. The van der Waals surface area contributed by atoms with E-state index in [0.717, 1.165) is 38.0 Å². The average molecular weight is 274 g/mol. The van der Waals surface area contributed by atoms with Crippen LogP contribution in [-0.4, -0.2) is 17.3 Å². The fraction of sp³-hybridized carbons (Fsp3) is 0.647. The first kappa shape index (κ1) is 14.1. The number of hydrogen-bond acceptors (Lipinski definition) is 3. The quantitative estimate of drug-likeness (QED) is 0.794. The summed E-state index contributed by atoms with van der Waals surface area (Å²) in [5.74, 6) is 0.760. The van der Waals surface area contributed by atoms with Crippen LogP contribution in [0.15, 0.2) is 24.3 Å². The molecule has 20 heavy (non-hydrogen) atoms. The predicted octanol–water partition coefficient (Wildman–Crippen LogP) is 2.66. The molecule has 1 fully saturated rings. The van der Waals surface area contributed by atoms with Crippen molar-refractivity contribution in [3.8, 4) is 0 Å². The molecule has 2 aliphatic rings. The van der Waals surface area contributed by atoms with E-state index >= 15 is 0 Å². The Morgan fingerprint density at radius 1 is 1.25 bits per heavy atom. The maximum Gasteiger partial charge on any atom is 0.0772 e. The summed E-state index contributed by atoms with van der Waals surface area (Å²) in [6.45, 7) is 2.96. The molecule has 0 bridgehead atoms. The van der Waals surface area contributed by atoms with Gasteiger partial charge in [-0.25, -0.2) is 0 Å². The summed E-state index contributed by atoms with van der Waals surface area (Å²) in [4.78, 5) is 0. The van der Waals surface area contributed by atoms with Crippen LogP contribution in [0, 0.1) is 5.92 Å². The lowest BCUT2D eigenvalue weighted by atomic mass is 9.79. The van der Waals surface area contributed by atoms with Crippen LogP contribution in [0.1, 0.15) is 62.2 Å². The van der Waals surface area contributed by atoms with Gasteiger partial charge in [0.15, 0.2) is 0 Å². The second kappa shape index (κ2) is 5.47. The zero-order valence-electron chi connectivity index (χ0n) is 12.3. The lowest BCUT2D eigenvalue weighted by Crippen LogP contribution is -2.44. The van der Waals surface area contributed by atoms with Gasteiger partial charge in [-0.1, -0.05) is 31.2 Å². The van der Waals surface area contributed by atoms with Gasteiger partial charge in [0.05, 0.1) is 5.60 Å². The molecule has 1 aromatic carbocycles. The van der Waals surface area contributed by atoms with Crippen molar-refractivity contribution < 1.29 is 5.11 Å².